The predicted molar refractivity (Wildman–Crippen MR) is 131 cm³/mol. The van der Waals surface area contributed by atoms with E-state index in [0.29, 0.717) is 27.3 Å². The molecular formula is C23H14ClN5O4S. The molecule has 2 aromatic carbocycles. The third kappa shape index (κ3) is 3.82. The van der Waals surface area contributed by atoms with Gasteiger partial charge in [-0.25, -0.2) is 0 Å². The number of rotatable bonds is 4. The van der Waals surface area contributed by atoms with Gasteiger partial charge in [0.2, 0.25) is 5.17 Å². The molecule has 5 rings (SSSR count). The summed E-state index contributed by atoms with van der Waals surface area (Å²) in [5, 5.41) is 26.4. The number of furan rings is 1. The number of hydrogen-bond donors (Lipinski definition) is 1. The van der Waals surface area contributed by atoms with E-state index in [1.165, 1.54) is 41.0 Å². The van der Waals surface area contributed by atoms with Crippen LogP contribution in [-0.2, 0) is 4.79 Å². The number of halogens is 1. The molecule has 168 valence electrons. The zero-order chi connectivity index (χ0) is 24.0. The Hall–Kier alpha value is -4.02. The fraction of sp³-hybridized carbons (Fsp3) is 0.0435. The zero-order valence-electron chi connectivity index (χ0n) is 17.5. The lowest BCUT2D eigenvalue weighted by Crippen LogP contribution is -2.35. The second-order valence-corrected chi connectivity index (χ2v) is 8.73. The number of nitro groups is 1. The first kappa shape index (κ1) is 21.8. The third-order valence-electron chi connectivity index (χ3n) is 5.17. The van der Waals surface area contributed by atoms with E-state index in [1.54, 1.807) is 12.1 Å². The molecule has 3 aromatic rings. The maximum absolute atomic E-state index is 12.7. The van der Waals surface area contributed by atoms with Gasteiger partial charge < -0.3 is 4.42 Å². The fourth-order valence-corrected chi connectivity index (χ4v) is 4.70. The molecule has 0 fully saturated rings. The molecule has 2 aliphatic heterocycles. The number of amidine groups is 2. The Labute approximate surface area is 202 Å². The third-order valence-corrected chi connectivity index (χ3v) is 6.43. The molecule has 3 heterocycles. The van der Waals surface area contributed by atoms with Crippen LogP contribution in [0.4, 0.5) is 5.69 Å². The van der Waals surface area contributed by atoms with Crippen molar-refractivity contribution in [2.45, 2.75) is 6.92 Å². The molecule has 11 heteroatoms. The highest BCUT2D eigenvalue weighted by molar-refractivity contribution is 8.27. The highest BCUT2D eigenvalue weighted by Crippen LogP contribution is 2.34. The van der Waals surface area contributed by atoms with Crippen LogP contribution in [0.1, 0.15) is 16.9 Å². The van der Waals surface area contributed by atoms with E-state index in [0.717, 1.165) is 11.1 Å². The second kappa shape index (κ2) is 8.40. The molecule has 0 saturated heterocycles. The average Bonchev–Trinajstić information content (AvgIpc) is 3.44. The summed E-state index contributed by atoms with van der Waals surface area (Å²) >= 11 is 7.42. The van der Waals surface area contributed by atoms with Crippen LogP contribution in [0.2, 0.25) is 5.02 Å². The van der Waals surface area contributed by atoms with Crippen molar-refractivity contribution in [3.8, 4) is 11.3 Å². The van der Waals surface area contributed by atoms with E-state index in [2.05, 4.69) is 10.1 Å². The van der Waals surface area contributed by atoms with Crippen molar-refractivity contribution in [2.24, 2.45) is 10.1 Å². The predicted octanol–water partition coefficient (Wildman–Crippen LogP) is 5.48. The van der Waals surface area contributed by atoms with Crippen molar-refractivity contribution >= 4 is 57.1 Å². The van der Waals surface area contributed by atoms with Crippen LogP contribution in [0.3, 0.4) is 0 Å². The van der Waals surface area contributed by atoms with Gasteiger partial charge in [-0.1, -0.05) is 35.9 Å². The molecule has 0 unspecified atom stereocenters. The highest BCUT2D eigenvalue weighted by Gasteiger charge is 2.36. The van der Waals surface area contributed by atoms with Crippen LogP contribution in [0, 0.1) is 22.4 Å². The molecule has 0 aliphatic carbocycles. The quantitative estimate of drug-likeness (QED) is 0.292. The van der Waals surface area contributed by atoms with E-state index >= 15 is 0 Å². The molecule has 1 aromatic heterocycles. The Morgan fingerprint density at radius 3 is 2.71 bits per heavy atom. The number of nitro benzene ring substituents is 1. The molecular weight excluding hydrogens is 478 g/mol. The van der Waals surface area contributed by atoms with E-state index < -0.39 is 10.8 Å². The Balaban J connectivity index is 1.44. The zero-order valence-corrected chi connectivity index (χ0v) is 19.1. The number of nitrogens with zero attached hydrogens (tertiary/aromatic N) is 4. The number of carbonyl (C=O) groups is 1. The van der Waals surface area contributed by atoms with Crippen LogP contribution < -0.4 is 0 Å². The highest BCUT2D eigenvalue weighted by atomic mass is 35.5. The summed E-state index contributed by atoms with van der Waals surface area (Å²) in [5.41, 5.74) is 2.29. The first-order chi connectivity index (χ1) is 16.3. The fourth-order valence-electron chi connectivity index (χ4n) is 3.45. The number of hydrogen-bond acceptors (Lipinski definition) is 7. The largest absolute Gasteiger partial charge is 0.457 e. The monoisotopic (exact) mass is 491 g/mol. The first-order valence-corrected chi connectivity index (χ1v) is 11.1. The minimum Gasteiger partial charge on any atom is -0.457 e. The SMILES string of the molecule is Cc1ccccc1C1=NN2C(=N)C(=Cc3ccc(-c4ccc([N+](=O)[O-])cc4Cl)o3)C(=O)N=C2S1. The van der Waals surface area contributed by atoms with E-state index in [9.17, 15) is 14.9 Å². The van der Waals surface area contributed by atoms with Gasteiger partial charge in [0.1, 0.15) is 16.6 Å². The standard InChI is InChI=1S/C23H14ClN5O4S/c1-12-4-2-3-5-15(12)22-27-28-20(25)17(21(30)26-23(28)34-22)11-14-7-9-19(33-14)16-8-6-13(29(31)32)10-18(16)24/h2-11,25H,1H3. The topological polar surface area (TPSA) is 125 Å². The summed E-state index contributed by atoms with van der Waals surface area (Å²) in [6, 6.07) is 15.0. The molecule has 2 aliphatic rings. The molecule has 0 spiro atoms. The maximum Gasteiger partial charge on any atom is 0.283 e. The number of fused-ring (bicyclic) bond motifs is 1. The number of aryl methyl sites for hydroxylation is 1. The lowest BCUT2D eigenvalue weighted by atomic mass is 10.1. The summed E-state index contributed by atoms with van der Waals surface area (Å²) in [6.45, 7) is 1.96. The second-order valence-electron chi connectivity index (χ2n) is 7.36. The summed E-state index contributed by atoms with van der Waals surface area (Å²) in [7, 11) is 0. The minimum absolute atomic E-state index is 0.0230. The number of hydrazone groups is 1. The Bertz CT molecular complexity index is 1490. The Morgan fingerprint density at radius 1 is 1.18 bits per heavy atom. The van der Waals surface area contributed by atoms with Crippen molar-refractivity contribution in [1.29, 1.82) is 5.41 Å². The van der Waals surface area contributed by atoms with Crippen LogP contribution in [0.5, 0.6) is 0 Å². The van der Waals surface area contributed by atoms with Crippen LogP contribution in [0.25, 0.3) is 17.4 Å². The van der Waals surface area contributed by atoms with E-state index in [-0.39, 0.29) is 22.1 Å². The maximum atomic E-state index is 12.7. The average molecular weight is 492 g/mol. The van der Waals surface area contributed by atoms with Gasteiger partial charge in [-0.2, -0.15) is 15.1 Å². The van der Waals surface area contributed by atoms with Gasteiger partial charge in [0, 0.05) is 23.3 Å². The molecule has 1 amide bonds. The Morgan fingerprint density at radius 2 is 1.97 bits per heavy atom. The van der Waals surface area contributed by atoms with E-state index in [1.807, 2.05) is 31.2 Å². The number of non-ortho nitro benzene ring substituents is 1. The molecule has 1 N–H and O–H groups in total. The molecule has 9 nitrogen and oxygen atoms in total. The normalized spacial score (nSPS) is 16.5. The molecule has 34 heavy (non-hydrogen) atoms. The van der Waals surface area contributed by atoms with Crippen molar-refractivity contribution < 1.29 is 14.1 Å². The summed E-state index contributed by atoms with van der Waals surface area (Å²) < 4.78 is 5.78. The number of carbonyl (C=O) groups excluding carboxylic acids is 1. The van der Waals surface area contributed by atoms with Gasteiger partial charge >= 0.3 is 0 Å². The van der Waals surface area contributed by atoms with Crippen LogP contribution >= 0.6 is 23.4 Å². The van der Waals surface area contributed by atoms with Crippen molar-refractivity contribution in [2.75, 3.05) is 0 Å². The number of benzene rings is 2. The Kier molecular flexibility index (Phi) is 5.39. The van der Waals surface area contributed by atoms with Gasteiger partial charge in [-0.15, -0.1) is 0 Å². The first-order valence-electron chi connectivity index (χ1n) is 9.92. The van der Waals surface area contributed by atoms with Gasteiger partial charge in [0.15, 0.2) is 5.84 Å². The van der Waals surface area contributed by atoms with E-state index in [4.69, 9.17) is 21.4 Å². The molecule has 0 atom stereocenters. The lowest BCUT2D eigenvalue weighted by Gasteiger charge is -2.19. The molecule has 0 saturated carbocycles. The smallest absolute Gasteiger partial charge is 0.283 e. The van der Waals surface area contributed by atoms with Crippen molar-refractivity contribution in [1.82, 2.24) is 5.01 Å². The lowest BCUT2D eigenvalue weighted by molar-refractivity contribution is -0.384. The number of thioether (sulfide) groups is 1. The van der Waals surface area contributed by atoms with Crippen LogP contribution in [0.15, 0.2) is 74.7 Å². The van der Waals surface area contributed by atoms with Crippen molar-refractivity contribution in [3.63, 3.8) is 0 Å². The van der Waals surface area contributed by atoms with Gasteiger partial charge in [-0.05, 0) is 48.5 Å². The summed E-state index contributed by atoms with van der Waals surface area (Å²) in [6.07, 6.45) is 1.42. The number of amides is 1. The molecule has 0 bridgehead atoms. The summed E-state index contributed by atoms with van der Waals surface area (Å²) in [4.78, 5) is 27.2. The van der Waals surface area contributed by atoms with Crippen LogP contribution in [-0.4, -0.2) is 31.9 Å². The van der Waals surface area contributed by atoms with Gasteiger partial charge in [-0.3, -0.25) is 20.3 Å². The number of aliphatic imine (C=N–C) groups is 1. The van der Waals surface area contributed by atoms with Gasteiger partial charge in [0.25, 0.3) is 11.6 Å². The molecule has 0 radical (unpaired) electrons. The minimum atomic E-state index is -0.573. The summed E-state index contributed by atoms with van der Waals surface area (Å²) in [5.74, 6) is -0.0258. The van der Waals surface area contributed by atoms with Gasteiger partial charge in [0.05, 0.1) is 15.5 Å². The number of nitrogens with one attached hydrogen (secondary N) is 1. The van der Waals surface area contributed by atoms with Crippen molar-refractivity contribution in [3.05, 3.63) is 92.2 Å².